The molecule has 0 radical (unpaired) electrons. The van der Waals surface area contributed by atoms with Gasteiger partial charge in [0, 0.05) is 17.5 Å². The zero-order valence-corrected chi connectivity index (χ0v) is 12.6. The van der Waals surface area contributed by atoms with Crippen LogP contribution in [0, 0.1) is 5.92 Å². The second-order valence-corrected chi connectivity index (χ2v) is 5.96. The highest BCUT2D eigenvalue weighted by molar-refractivity contribution is 7.09. The summed E-state index contributed by atoms with van der Waals surface area (Å²) in [5, 5.41) is 5.90. The van der Waals surface area contributed by atoms with E-state index in [2.05, 4.69) is 67.0 Å². The van der Waals surface area contributed by atoms with Crippen molar-refractivity contribution in [2.75, 3.05) is 0 Å². The van der Waals surface area contributed by atoms with E-state index in [-0.39, 0.29) is 0 Å². The lowest BCUT2D eigenvalue weighted by Crippen LogP contribution is -2.27. The molecular formula is C17H23NS. The number of nitrogens with one attached hydrogen (secondary N) is 1. The standard InChI is InChI=1S/C17H23NS/c1-3-14(4-2)17(15-9-6-5-7-10-15)18-13-16-11-8-12-19-16/h5-12,14,17-18H,3-4,13H2,1-2H3. The van der Waals surface area contributed by atoms with Crippen molar-refractivity contribution in [1.82, 2.24) is 5.32 Å². The smallest absolute Gasteiger partial charge is 0.0351 e. The van der Waals surface area contributed by atoms with Gasteiger partial charge in [0.1, 0.15) is 0 Å². The molecular weight excluding hydrogens is 250 g/mol. The van der Waals surface area contributed by atoms with E-state index in [1.807, 2.05) is 11.3 Å². The van der Waals surface area contributed by atoms with Crippen LogP contribution in [0.15, 0.2) is 47.8 Å². The molecule has 0 aliphatic carbocycles. The highest BCUT2D eigenvalue weighted by atomic mass is 32.1. The molecule has 0 aliphatic heterocycles. The van der Waals surface area contributed by atoms with E-state index in [9.17, 15) is 0 Å². The van der Waals surface area contributed by atoms with Crippen LogP contribution in [0.5, 0.6) is 0 Å². The summed E-state index contributed by atoms with van der Waals surface area (Å²) in [4.78, 5) is 1.41. The molecule has 1 N–H and O–H groups in total. The van der Waals surface area contributed by atoms with Crippen LogP contribution in [0.25, 0.3) is 0 Å². The molecule has 0 bridgehead atoms. The maximum absolute atomic E-state index is 3.75. The lowest BCUT2D eigenvalue weighted by atomic mass is 9.89. The van der Waals surface area contributed by atoms with Gasteiger partial charge in [-0.05, 0) is 22.9 Å². The Balaban J connectivity index is 2.10. The SMILES string of the molecule is CCC(CC)C(NCc1cccs1)c1ccccc1. The topological polar surface area (TPSA) is 12.0 Å². The van der Waals surface area contributed by atoms with Gasteiger partial charge in [0.25, 0.3) is 0 Å². The minimum Gasteiger partial charge on any atom is -0.305 e. The zero-order chi connectivity index (χ0) is 13.5. The van der Waals surface area contributed by atoms with Gasteiger partial charge in [-0.1, -0.05) is 63.1 Å². The van der Waals surface area contributed by atoms with Crippen molar-refractivity contribution in [1.29, 1.82) is 0 Å². The van der Waals surface area contributed by atoms with Gasteiger partial charge in [-0.2, -0.15) is 0 Å². The number of hydrogen-bond acceptors (Lipinski definition) is 2. The Kier molecular flexibility index (Phi) is 5.62. The number of rotatable bonds is 7. The van der Waals surface area contributed by atoms with Gasteiger partial charge in [0.05, 0.1) is 0 Å². The summed E-state index contributed by atoms with van der Waals surface area (Å²) in [7, 11) is 0. The van der Waals surface area contributed by atoms with Crippen LogP contribution in [0.1, 0.15) is 43.2 Å². The average Bonchev–Trinajstić information content (AvgIpc) is 2.97. The largest absolute Gasteiger partial charge is 0.305 e. The molecule has 102 valence electrons. The minimum absolute atomic E-state index is 0.457. The molecule has 0 saturated carbocycles. The molecule has 1 nitrogen and oxygen atoms in total. The Hall–Kier alpha value is -1.12. The molecule has 2 heteroatoms. The molecule has 1 heterocycles. The Morgan fingerprint density at radius 1 is 1.00 bits per heavy atom. The molecule has 1 aromatic carbocycles. The average molecular weight is 273 g/mol. The van der Waals surface area contributed by atoms with Crippen LogP contribution in [0.4, 0.5) is 0 Å². The first-order chi connectivity index (χ1) is 9.35. The van der Waals surface area contributed by atoms with Crippen LogP contribution >= 0.6 is 11.3 Å². The van der Waals surface area contributed by atoms with Crippen molar-refractivity contribution in [2.45, 2.75) is 39.3 Å². The fourth-order valence-corrected chi connectivity index (χ4v) is 3.26. The first-order valence-corrected chi connectivity index (χ1v) is 8.03. The Bertz CT molecular complexity index is 445. The summed E-state index contributed by atoms with van der Waals surface area (Å²) in [5.74, 6) is 0.697. The lowest BCUT2D eigenvalue weighted by Gasteiger charge is -2.27. The molecule has 19 heavy (non-hydrogen) atoms. The van der Waals surface area contributed by atoms with Crippen LogP contribution < -0.4 is 5.32 Å². The highest BCUT2D eigenvalue weighted by Gasteiger charge is 2.19. The van der Waals surface area contributed by atoms with Crippen LogP contribution in [-0.2, 0) is 6.54 Å². The molecule has 2 rings (SSSR count). The van der Waals surface area contributed by atoms with Crippen molar-refractivity contribution in [2.24, 2.45) is 5.92 Å². The van der Waals surface area contributed by atoms with E-state index < -0.39 is 0 Å². The van der Waals surface area contributed by atoms with Gasteiger partial charge in [-0.3, -0.25) is 0 Å². The summed E-state index contributed by atoms with van der Waals surface area (Å²) in [6.07, 6.45) is 2.43. The van der Waals surface area contributed by atoms with Crippen LogP contribution in [0.3, 0.4) is 0 Å². The fourth-order valence-electron chi connectivity index (χ4n) is 2.60. The third kappa shape index (κ3) is 3.92. The third-order valence-corrected chi connectivity index (χ3v) is 4.63. The van der Waals surface area contributed by atoms with E-state index in [0.717, 1.165) is 6.54 Å². The van der Waals surface area contributed by atoms with E-state index in [4.69, 9.17) is 0 Å². The van der Waals surface area contributed by atoms with Crippen molar-refractivity contribution >= 4 is 11.3 Å². The van der Waals surface area contributed by atoms with E-state index in [1.54, 1.807) is 0 Å². The highest BCUT2D eigenvalue weighted by Crippen LogP contribution is 2.27. The van der Waals surface area contributed by atoms with Crippen LogP contribution in [0.2, 0.25) is 0 Å². The molecule has 0 spiro atoms. The summed E-state index contributed by atoms with van der Waals surface area (Å²) in [6, 6.07) is 15.6. The second-order valence-electron chi connectivity index (χ2n) is 4.93. The molecule has 1 unspecified atom stereocenters. The van der Waals surface area contributed by atoms with E-state index in [0.29, 0.717) is 12.0 Å². The van der Waals surface area contributed by atoms with Crippen molar-refractivity contribution in [3.8, 4) is 0 Å². The number of benzene rings is 1. The second kappa shape index (κ2) is 7.46. The van der Waals surface area contributed by atoms with Crippen LogP contribution in [-0.4, -0.2) is 0 Å². The molecule has 0 amide bonds. The zero-order valence-electron chi connectivity index (χ0n) is 11.8. The van der Waals surface area contributed by atoms with Gasteiger partial charge in [0.15, 0.2) is 0 Å². The summed E-state index contributed by atoms with van der Waals surface area (Å²) >= 11 is 1.82. The Labute approximate surface area is 120 Å². The first-order valence-electron chi connectivity index (χ1n) is 7.15. The third-order valence-electron chi connectivity index (χ3n) is 3.76. The van der Waals surface area contributed by atoms with E-state index >= 15 is 0 Å². The molecule has 0 saturated heterocycles. The normalized spacial score (nSPS) is 12.8. The van der Waals surface area contributed by atoms with Gasteiger partial charge in [0.2, 0.25) is 0 Å². The van der Waals surface area contributed by atoms with Crippen molar-refractivity contribution in [3.05, 3.63) is 58.3 Å². The predicted molar refractivity (Wildman–Crippen MR) is 84.4 cm³/mol. The maximum Gasteiger partial charge on any atom is 0.0351 e. The monoisotopic (exact) mass is 273 g/mol. The minimum atomic E-state index is 0.457. The maximum atomic E-state index is 3.75. The van der Waals surface area contributed by atoms with Crippen molar-refractivity contribution < 1.29 is 0 Å². The van der Waals surface area contributed by atoms with Gasteiger partial charge >= 0.3 is 0 Å². The predicted octanol–water partition coefficient (Wildman–Crippen LogP) is 5.02. The van der Waals surface area contributed by atoms with E-state index in [1.165, 1.54) is 23.3 Å². The molecule has 1 aromatic heterocycles. The molecule has 0 fully saturated rings. The molecule has 2 aromatic rings. The summed E-state index contributed by atoms with van der Waals surface area (Å²) < 4.78 is 0. The van der Waals surface area contributed by atoms with Gasteiger partial charge in [-0.25, -0.2) is 0 Å². The quantitative estimate of drug-likeness (QED) is 0.747. The summed E-state index contributed by atoms with van der Waals surface area (Å²) in [5.41, 5.74) is 1.41. The molecule has 1 atom stereocenters. The Morgan fingerprint density at radius 3 is 2.32 bits per heavy atom. The number of hydrogen-bond donors (Lipinski definition) is 1. The van der Waals surface area contributed by atoms with Crippen molar-refractivity contribution in [3.63, 3.8) is 0 Å². The number of thiophene rings is 1. The Morgan fingerprint density at radius 2 is 1.74 bits per heavy atom. The summed E-state index contributed by atoms with van der Waals surface area (Å²) in [6.45, 7) is 5.54. The lowest BCUT2D eigenvalue weighted by molar-refractivity contribution is 0.340. The molecule has 0 aliphatic rings. The van der Waals surface area contributed by atoms with Gasteiger partial charge in [-0.15, -0.1) is 11.3 Å². The fraction of sp³-hybridized carbons (Fsp3) is 0.412. The van der Waals surface area contributed by atoms with Gasteiger partial charge < -0.3 is 5.32 Å². The first kappa shape index (κ1) is 14.3.